The summed E-state index contributed by atoms with van der Waals surface area (Å²) in [4.78, 5) is 40.3. The zero-order chi connectivity index (χ0) is 22.4. The predicted octanol–water partition coefficient (Wildman–Crippen LogP) is 1.55. The first-order chi connectivity index (χ1) is 14.8. The number of hydrogen-bond acceptors (Lipinski definition) is 5. The number of H-pyrrole nitrogens is 1. The fourth-order valence-corrected chi connectivity index (χ4v) is 3.78. The highest BCUT2D eigenvalue weighted by molar-refractivity contribution is 5.87. The first kappa shape index (κ1) is 22.2. The molecule has 164 valence electrons. The van der Waals surface area contributed by atoms with Gasteiger partial charge in [0.15, 0.2) is 0 Å². The van der Waals surface area contributed by atoms with Gasteiger partial charge in [-0.25, -0.2) is 4.98 Å². The number of rotatable bonds is 7. The number of aromatic amines is 1. The lowest BCUT2D eigenvalue weighted by Crippen LogP contribution is -2.53. The molecule has 2 heterocycles. The summed E-state index contributed by atoms with van der Waals surface area (Å²) in [6, 6.07) is 10.2. The zero-order valence-electron chi connectivity index (χ0n) is 17.8. The van der Waals surface area contributed by atoms with Crippen LogP contribution in [0, 0.1) is 17.0 Å². The Balaban J connectivity index is 1.60. The number of amides is 2. The van der Waals surface area contributed by atoms with Crippen LogP contribution in [0.2, 0.25) is 0 Å². The number of hydrogen-bond donors (Lipinski definition) is 2. The van der Waals surface area contributed by atoms with E-state index in [0.29, 0.717) is 38.2 Å². The van der Waals surface area contributed by atoms with Crippen molar-refractivity contribution in [2.45, 2.75) is 45.2 Å². The number of benzene rings is 1. The van der Waals surface area contributed by atoms with E-state index in [1.807, 2.05) is 36.1 Å². The molecule has 0 unspecified atom stereocenters. The standard InChI is InChI=1S/C22H27N5O4/c1-15-5-7-17(8-6-15)14-19(24-16(2)28)22(29)25-18-9-12-26(13-10-18)21-20(27(30)31)4-3-11-23-21/h3-8,11,18-19H,9-10,12-14H2,1-2H3,(H,24,28)(H,25,29)/p+1/t19-/m1/s1. The van der Waals surface area contributed by atoms with Gasteiger partial charge >= 0.3 is 11.5 Å². The van der Waals surface area contributed by atoms with Gasteiger partial charge in [0.25, 0.3) is 0 Å². The minimum absolute atomic E-state index is 0.0359. The van der Waals surface area contributed by atoms with Crippen molar-refractivity contribution in [2.75, 3.05) is 18.0 Å². The second-order valence-electron chi connectivity index (χ2n) is 7.87. The lowest BCUT2D eigenvalue weighted by atomic mass is 10.0. The van der Waals surface area contributed by atoms with Crippen LogP contribution in [0.5, 0.6) is 0 Å². The van der Waals surface area contributed by atoms with E-state index in [9.17, 15) is 19.7 Å². The van der Waals surface area contributed by atoms with Crippen molar-refractivity contribution in [2.24, 2.45) is 0 Å². The minimum Gasteiger partial charge on any atom is -0.351 e. The summed E-state index contributed by atoms with van der Waals surface area (Å²) in [6.45, 7) is 4.55. The van der Waals surface area contributed by atoms with Crippen LogP contribution in [-0.2, 0) is 16.0 Å². The number of carbonyl (C=O) groups is 2. The Morgan fingerprint density at radius 1 is 1.23 bits per heavy atom. The largest absolute Gasteiger partial charge is 0.357 e. The normalized spacial score (nSPS) is 15.2. The molecule has 9 heteroatoms. The van der Waals surface area contributed by atoms with Crippen molar-refractivity contribution in [1.29, 1.82) is 0 Å². The highest BCUT2D eigenvalue weighted by atomic mass is 16.6. The Labute approximate surface area is 181 Å². The molecule has 1 aliphatic rings. The van der Waals surface area contributed by atoms with Crippen molar-refractivity contribution in [1.82, 2.24) is 10.6 Å². The van der Waals surface area contributed by atoms with E-state index in [2.05, 4.69) is 15.6 Å². The fraction of sp³-hybridized carbons (Fsp3) is 0.409. The van der Waals surface area contributed by atoms with E-state index in [0.717, 1.165) is 11.1 Å². The van der Waals surface area contributed by atoms with Crippen molar-refractivity contribution < 1.29 is 19.5 Å². The molecule has 0 radical (unpaired) electrons. The van der Waals surface area contributed by atoms with Crippen LogP contribution < -0.4 is 20.5 Å². The van der Waals surface area contributed by atoms with Crippen LogP contribution in [0.1, 0.15) is 30.9 Å². The Kier molecular flexibility index (Phi) is 7.17. The van der Waals surface area contributed by atoms with Crippen LogP contribution in [0.4, 0.5) is 11.5 Å². The number of piperidine rings is 1. The molecular formula is C22H28N5O4+. The number of carbonyl (C=O) groups excluding carboxylic acids is 2. The highest BCUT2D eigenvalue weighted by Crippen LogP contribution is 2.25. The zero-order valence-corrected chi connectivity index (χ0v) is 17.8. The monoisotopic (exact) mass is 426 g/mol. The molecule has 31 heavy (non-hydrogen) atoms. The van der Waals surface area contributed by atoms with Gasteiger partial charge in [0.2, 0.25) is 11.8 Å². The minimum atomic E-state index is -0.651. The fourth-order valence-electron chi connectivity index (χ4n) is 3.78. The number of nitrogens with zero attached hydrogens (tertiary/aromatic N) is 2. The summed E-state index contributed by atoms with van der Waals surface area (Å²) >= 11 is 0. The molecule has 2 aromatic rings. The van der Waals surface area contributed by atoms with Gasteiger partial charge in [0, 0.05) is 38.3 Å². The maximum atomic E-state index is 12.9. The van der Waals surface area contributed by atoms with Crippen LogP contribution in [-0.4, -0.2) is 41.9 Å². The first-order valence-corrected chi connectivity index (χ1v) is 10.4. The molecule has 0 bridgehead atoms. The average Bonchev–Trinajstić information content (AvgIpc) is 2.75. The van der Waals surface area contributed by atoms with Gasteiger partial charge in [-0.15, -0.1) is 0 Å². The Morgan fingerprint density at radius 3 is 2.52 bits per heavy atom. The Morgan fingerprint density at radius 2 is 1.90 bits per heavy atom. The van der Waals surface area contributed by atoms with E-state index in [1.54, 1.807) is 12.3 Å². The predicted molar refractivity (Wildman–Crippen MR) is 116 cm³/mol. The first-order valence-electron chi connectivity index (χ1n) is 10.4. The molecule has 9 nitrogen and oxygen atoms in total. The summed E-state index contributed by atoms with van der Waals surface area (Å²) in [5, 5.41) is 17.1. The molecule has 0 saturated carbocycles. The highest BCUT2D eigenvalue weighted by Gasteiger charge is 2.33. The van der Waals surface area contributed by atoms with Crippen molar-refractivity contribution in [3.63, 3.8) is 0 Å². The smallest absolute Gasteiger partial charge is 0.351 e. The van der Waals surface area contributed by atoms with Crippen molar-refractivity contribution >= 4 is 23.3 Å². The van der Waals surface area contributed by atoms with Crippen molar-refractivity contribution in [3.05, 3.63) is 63.8 Å². The van der Waals surface area contributed by atoms with Crippen molar-refractivity contribution in [3.8, 4) is 0 Å². The molecule has 0 spiro atoms. The van der Waals surface area contributed by atoms with Gasteiger partial charge in [-0.3, -0.25) is 24.6 Å². The van der Waals surface area contributed by atoms with E-state index in [-0.39, 0.29) is 23.5 Å². The molecule has 1 saturated heterocycles. The Hall–Kier alpha value is -3.49. The third-order valence-corrected chi connectivity index (χ3v) is 5.42. The maximum Gasteiger partial charge on any atom is 0.357 e. The average molecular weight is 426 g/mol. The van der Waals surface area contributed by atoms with Gasteiger partial charge in [-0.05, 0) is 18.6 Å². The molecule has 1 aromatic carbocycles. The Bertz CT molecular complexity index is 939. The molecule has 3 N–H and O–H groups in total. The molecular weight excluding hydrogens is 398 g/mol. The lowest BCUT2D eigenvalue weighted by Gasteiger charge is -2.29. The van der Waals surface area contributed by atoms with Gasteiger partial charge in [-0.2, -0.15) is 0 Å². The van der Waals surface area contributed by atoms with E-state index in [1.165, 1.54) is 13.0 Å². The quantitative estimate of drug-likeness (QED) is 0.514. The third-order valence-electron chi connectivity index (χ3n) is 5.42. The maximum absolute atomic E-state index is 12.9. The topological polar surface area (TPSA) is 119 Å². The van der Waals surface area contributed by atoms with Crippen LogP contribution in [0.3, 0.4) is 0 Å². The number of aromatic nitrogens is 1. The summed E-state index contributed by atoms with van der Waals surface area (Å²) in [7, 11) is 0. The summed E-state index contributed by atoms with van der Waals surface area (Å²) in [5.41, 5.74) is 2.14. The van der Waals surface area contributed by atoms with Gasteiger partial charge in [-0.1, -0.05) is 29.8 Å². The van der Waals surface area contributed by atoms with Crippen LogP contribution >= 0.6 is 0 Å². The number of nitrogens with one attached hydrogen (secondary N) is 3. The molecule has 1 aromatic heterocycles. The molecule has 1 atom stereocenters. The second-order valence-corrected chi connectivity index (χ2v) is 7.87. The number of aryl methyl sites for hydroxylation is 1. The molecule has 3 rings (SSSR count). The van der Waals surface area contributed by atoms with Gasteiger partial charge in [0.05, 0.1) is 24.2 Å². The number of pyridine rings is 1. The summed E-state index contributed by atoms with van der Waals surface area (Å²) in [6.07, 6.45) is 3.39. The summed E-state index contributed by atoms with van der Waals surface area (Å²) < 4.78 is 0. The summed E-state index contributed by atoms with van der Waals surface area (Å²) in [5.74, 6) is 0.00764. The SMILES string of the molecule is CC(=O)N[C@H](Cc1ccc(C)cc1)C(=O)NC1CCN(c2[nH+]cccc2[N+](=O)[O-])CC1. The number of anilines is 1. The lowest BCUT2D eigenvalue weighted by molar-refractivity contribution is -0.411. The number of nitro groups is 1. The molecule has 0 aliphatic carbocycles. The third kappa shape index (κ3) is 6.00. The second kappa shape index (κ2) is 10.0. The van der Waals surface area contributed by atoms with Gasteiger partial charge < -0.3 is 10.6 Å². The van der Waals surface area contributed by atoms with E-state index >= 15 is 0 Å². The van der Waals surface area contributed by atoms with Gasteiger partial charge in [0.1, 0.15) is 6.04 Å². The molecule has 2 amide bonds. The molecule has 1 fully saturated rings. The van der Waals surface area contributed by atoms with Crippen LogP contribution in [0.15, 0.2) is 42.6 Å². The van der Waals surface area contributed by atoms with E-state index < -0.39 is 11.0 Å². The van der Waals surface area contributed by atoms with E-state index in [4.69, 9.17) is 0 Å². The van der Waals surface area contributed by atoms with Crippen LogP contribution in [0.25, 0.3) is 0 Å². The molecule has 1 aliphatic heterocycles.